The molecule has 0 radical (unpaired) electrons. The van der Waals surface area contributed by atoms with Crippen molar-refractivity contribution in [3.63, 3.8) is 0 Å². The second kappa shape index (κ2) is 8.39. The van der Waals surface area contributed by atoms with E-state index in [0.717, 1.165) is 36.5 Å². The SMILES string of the molecule is CCNCCC(C)n1cc(COc2ccc(-n3cnnn3)cc2)cn1. The first-order valence-electron chi connectivity index (χ1n) is 8.46. The maximum Gasteiger partial charge on any atom is 0.143 e. The predicted molar refractivity (Wildman–Crippen MR) is 93.6 cm³/mol. The number of hydrogen-bond donors (Lipinski definition) is 1. The van der Waals surface area contributed by atoms with Crippen LogP contribution in [0.5, 0.6) is 5.75 Å². The highest BCUT2D eigenvalue weighted by atomic mass is 16.5. The summed E-state index contributed by atoms with van der Waals surface area (Å²) < 4.78 is 9.43. The Morgan fingerprint density at radius 3 is 2.80 bits per heavy atom. The summed E-state index contributed by atoms with van der Waals surface area (Å²) in [5.74, 6) is 0.796. The first-order valence-corrected chi connectivity index (χ1v) is 8.46. The number of tetrazole rings is 1. The van der Waals surface area contributed by atoms with Gasteiger partial charge in [0.25, 0.3) is 0 Å². The predicted octanol–water partition coefficient (Wildman–Crippen LogP) is 2.00. The molecule has 0 saturated heterocycles. The third-order valence-electron chi connectivity index (χ3n) is 3.95. The van der Waals surface area contributed by atoms with Crippen molar-refractivity contribution in [2.45, 2.75) is 32.9 Å². The van der Waals surface area contributed by atoms with Gasteiger partial charge in [0.1, 0.15) is 18.7 Å². The molecule has 3 aromatic rings. The van der Waals surface area contributed by atoms with Crippen LogP contribution in [0.25, 0.3) is 5.69 Å². The van der Waals surface area contributed by atoms with Crippen LogP contribution in [0.15, 0.2) is 43.0 Å². The molecule has 0 fully saturated rings. The van der Waals surface area contributed by atoms with Gasteiger partial charge in [-0.15, -0.1) is 5.10 Å². The van der Waals surface area contributed by atoms with Gasteiger partial charge in [-0.2, -0.15) is 5.10 Å². The van der Waals surface area contributed by atoms with E-state index in [0.29, 0.717) is 12.6 Å². The molecule has 0 aliphatic carbocycles. The van der Waals surface area contributed by atoms with Crippen molar-refractivity contribution in [3.05, 3.63) is 48.5 Å². The zero-order valence-corrected chi connectivity index (χ0v) is 14.5. The summed E-state index contributed by atoms with van der Waals surface area (Å²) in [5, 5.41) is 18.9. The van der Waals surface area contributed by atoms with Gasteiger partial charge in [-0.3, -0.25) is 4.68 Å². The first kappa shape index (κ1) is 17.1. The van der Waals surface area contributed by atoms with Crippen LogP contribution in [-0.4, -0.2) is 43.1 Å². The largest absolute Gasteiger partial charge is 0.489 e. The Bertz CT molecular complexity index is 752. The fourth-order valence-electron chi connectivity index (χ4n) is 2.45. The van der Waals surface area contributed by atoms with Crippen LogP contribution in [-0.2, 0) is 6.61 Å². The van der Waals surface area contributed by atoms with Crippen LogP contribution >= 0.6 is 0 Å². The molecule has 0 bridgehead atoms. The van der Waals surface area contributed by atoms with Crippen molar-refractivity contribution in [2.24, 2.45) is 0 Å². The van der Waals surface area contributed by atoms with E-state index in [-0.39, 0.29) is 0 Å². The topological polar surface area (TPSA) is 82.7 Å². The summed E-state index contributed by atoms with van der Waals surface area (Å²) in [6.45, 7) is 6.77. The number of nitrogens with one attached hydrogen (secondary N) is 1. The van der Waals surface area contributed by atoms with Crippen molar-refractivity contribution in [1.29, 1.82) is 0 Å². The average molecular weight is 341 g/mol. The highest BCUT2D eigenvalue weighted by Crippen LogP contribution is 2.16. The molecule has 8 heteroatoms. The summed E-state index contributed by atoms with van der Waals surface area (Å²) in [4.78, 5) is 0. The molecule has 1 unspecified atom stereocenters. The van der Waals surface area contributed by atoms with Crippen LogP contribution in [0, 0.1) is 0 Å². The lowest BCUT2D eigenvalue weighted by molar-refractivity contribution is 0.306. The second-order valence-corrected chi connectivity index (χ2v) is 5.86. The lowest BCUT2D eigenvalue weighted by atomic mass is 10.2. The number of nitrogens with zero attached hydrogens (tertiary/aromatic N) is 6. The van der Waals surface area contributed by atoms with Gasteiger partial charge in [0.2, 0.25) is 0 Å². The number of benzene rings is 1. The van der Waals surface area contributed by atoms with Gasteiger partial charge in [0, 0.05) is 11.8 Å². The molecule has 3 rings (SSSR count). The van der Waals surface area contributed by atoms with Crippen molar-refractivity contribution < 1.29 is 4.74 Å². The molecule has 8 nitrogen and oxygen atoms in total. The van der Waals surface area contributed by atoms with E-state index in [1.807, 2.05) is 41.3 Å². The summed E-state index contributed by atoms with van der Waals surface area (Å²) in [6, 6.07) is 8.00. The van der Waals surface area contributed by atoms with Crippen LogP contribution < -0.4 is 10.1 Å². The lowest BCUT2D eigenvalue weighted by Gasteiger charge is -2.12. The van der Waals surface area contributed by atoms with Crippen LogP contribution in [0.1, 0.15) is 31.9 Å². The zero-order chi connectivity index (χ0) is 17.5. The molecular formula is C17H23N7O. The molecule has 0 saturated carbocycles. The van der Waals surface area contributed by atoms with Crippen molar-refractivity contribution >= 4 is 0 Å². The first-order chi connectivity index (χ1) is 12.3. The molecule has 25 heavy (non-hydrogen) atoms. The molecule has 2 heterocycles. The van der Waals surface area contributed by atoms with Crippen molar-refractivity contribution in [1.82, 2.24) is 35.3 Å². The minimum Gasteiger partial charge on any atom is -0.489 e. The van der Waals surface area contributed by atoms with E-state index in [4.69, 9.17) is 4.74 Å². The lowest BCUT2D eigenvalue weighted by Crippen LogP contribution is -2.18. The molecule has 1 aromatic carbocycles. The Balaban J connectivity index is 1.52. The van der Waals surface area contributed by atoms with Gasteiger partial charge in [-0.05, 0) is 61.1 Å². The highest BCUT2D eigenvalue weighted by Gasteiger charge is 2.07. The van der Waals surface area contributed by atoms with Gasteiger partial charge in [-0.25, -0.2) is 4.68 Å². The Kier molecular flexibility index (Phi) is 5.73. The zero-order valence-electron chi connectivity index (χ0n) is 14.5. The number of hydrogen-bond acceptors (Lipinski definition) is 6. The quantitative estimate of drug-likeness (QED) is 0.600. The van der Waals surface area contributed by atoms with E-state index in [1.54, 1.807) is 11.0 Å². The van der Waals surface area contributed by atoms with Crippen LogP contribution in [0.3, 0.4) is 0 Å². The van der Waals surface area contributed by atoms with Gasteiger partial charge < -0.3 is 10.1 Å². The second-order valence-electron chi connectivity index (χ2n) is 5.86. The molecule has 0 amide bonds. The molecule has 132 valence electrons. The molecule has 0 spiro atoms. The van der Waals surface area contributed by atoms with Crippen molar-refractivity contribution in [2.75, 3.05) is 13.1 Å². The maximum absolute atomic E-state index is 5.83. The maximum atomic E-state index is 5.83. The Labute approximate surface area is 146 Å². The standard InChI is InChI=1S/C17H23N7O/c1-3-18-9-8-14(2)23-11-15(10-20-23)12-25-17-6-4-16(5-7-17)24-13-19-21-22-24/h4-7,10-11,13-14,18H,3,8-9,12H2,1-2H3. The summed E-state index contributed by atoms with van der Waals surface area (Å²) in [7, 11) is 0. The van der Waals surface area contributed by atoms with E-state index in [9.17, 15) is 0 Å². The van der Waals surface area contributed by atoms with E-state index >= 15 is 0 Å². The monoisotopic (exact) mass is 341 g/mol. The minimum absolute atomic E-state index is 0.364. The van der Waals surface area contributed by atoms with Gasteiger partial charge >= 0.3 is 0 Å². The molecular weight excluding hydrogens is 318 g/mol. The molecule has 2 aromatic heterocycles. The van der Waals surface area contributed by atoms with E-state index in [1.165, 1.54) is 0 Å². The van der Waals surface area contributed by atoms with Gasteiger partial charge in [-0.1, -0.05) is 6.92 Å². The Morgan fingerprint density at radius 1 is 1.24 bits per heavy atom. The van der Waals surface area contributed by atoms with E-state index < -0.39 is 0 Å². The van der Waals surface area contributed by atoms with Crippen molar-refractivity contribution in [3.8, 4) is 11.4 Å². The smallest absolute Gasteiger partial charge is 0.143 e. The molecule has 1 atom stereocenters. The minimum atomic E-state index is 0.364. The molecule has 1 N–H and O–H groups in total. The van der Waals surface area contributed by atoms with Gasteiger partial charge in [0.05, 0.1) is 17.9 Å². The van der Waals surface area contributed by atoms with Crippen LogP contribution in [0.4, 0.5) is 0 Å². The summed E-state index contributed by atoms with van der Waals surface area (Å²) in [5.41, 5.74) is 1.94. The summed E-state index contributed by atoms with van der Waals surface area (Å²) in [6.07, 6.45) is 6.52. The van der Waals surface area contributed by atoms with Crippen LogP contribution in [0.2, 0.25) is 0 Å². The fraction of sp³-hybridized carbons (Fsp3) is 0.412. The molecule has 0 aliphatic heterocycles. The number of ether oxygens (including phenoxy) is 1. The summed E-state index contributed by atoms with van der Waals surface area (Å²) >= 11 is 0. The third-order valence-corrected chi connectivity index (χ3v) is 3.95. The van der Waals surface area contributed by atoms with E-state index in [2.05, 4.69) is 39.8 Å². The highest BCUT2D eigenvalue weighted by molar-refractivity contribution is 5.36. The Morgan fingerprint density at radius 2 is 2.08 bits per heavy atom. The third kappa shape index (κ3) is 4.63. The molecule has 0 aliphatic rings. The number of aromatic nitrogens is 6. The number of rotatable bonds is 9. The average Bonchev–Trinajstić information content (AvgIpc) is 3.32. The Hall–Kier alpha value is -2.74. The normalized spacial score (nSPS) is 12.2. The van der Waals surface area contributed by atoms with Gasteiger partial charge in [0.15, 0.2) is 0 Å². The fourth-order valence-corrected chi connectivity index (χ4v) is 2.45.